The molecule has 0 amide bonds. The van der Waals surface area contributed by atoms with Crippen molar-refractivity contribution in [2.24, 2.45) is 0 Å². The number of benzene rings is 3. The molecule has 0 radical (unpaired) electrons. The summed E-state index contributed by atoms with van der Waals surface area (Å²) >= 11 is 0. The van der Waals surface area contributed by atoms with Gasteiger partial charge in [0.2, 0.25) is 0 Å². The van der Waals surface area contributed by atoms with Gasteiger partial charge in [0.15, 0.2) is 5.78 Å². The summed E-state index contributed by atoms with van der Waals surface area (Å²) in [6, 6.07) is 30.3. The zero-order valence-electron chi connectivity index (χ0n) is 12.8. The first kappa shape index (κ1) is 15.7. The zero-order valence-corrected chi connectivity index (χ0v) is 12.8. The van der Waals surface area contributed by atoms with Crippen molar-refractivity contribution >= 4 is 5.78 Å². The van der Waals surface area contributed by atoms with Gasteiger partial charge in [-0.15, -0.1) is 0 Å². The minimum absolute atomic E-state index is 0.121. The predicted molar refractivity (Wildman–Crippen MR) is 92.1 cm³/mol. The van der Waals surface area contributed by atoms with Crippen LogP contribution < -0.4 is 0 Å². The lowest BCUT2D eigenvalue weighted by Crippen LogP contribution is -1.88. The highest BCUT2D eigenvalue weighted by Gasteiger charge is 1.93. The fourth-order valence-corrected chi connectivity index (χ4v) is 2.10. The second-order valence-corrected chi connectivity index (χ2v) is 5.07. The molecule has 0 heterocycles. The quantitative estimate of drug-likeness (QED) is 0.608. The molecular formula is C21H20O. The number of Topliss-reactive ketones (excluding diaryl/α,β-unsaturated/α-hetero) is 1. The Hall–Kier alpha value is -2.67. The zero-order chi connectivity index (χ0) is 15.6. The van der Waals surface area contributed by atoms with E-state index in [1.807, 2.05) is 30.3 Å². The molecule has 0 N–H and O–H groups in total. The summed E-state index contributed by atoms with van der Waals surface area (Å²) in [4.78, 5) is 10.6. The molecule has 0 unspecified atom stereocenters. The molecule has 0 aliphatic carbocycles. The van der Waals surface area contributed by atoms with Crippen molar-refractivity contribution in [2.45, 2.75) is 13.3 Å². The molecule has 22 heavy (non-hydrogen) atoms. The maximum absolute atomic E-state index is 10.6. The van der Waals surface area contributed by atoms with E-state index >= 15 is 0 Å². The fraction of sp³-hybridized carbons (Fsp3) is 0.0952. The Balaban J connectivity index is 0.000000172. The molecule has 0 fully saturated rings. The van der Waals surface area contributed by atoms with E-state index in [1.165, 1.54) is 11.1 Å². The number of carbonyl (C=O) groups is 1. The van der Waals surface area contributed by atoms with Crippen LogP contribution in [0.1, 0.15) is 28.4 Å². The minimum Gasteiger partial charge on any atom is -0.295 e. The lowest BCUT2D eigenvalue weighted by atomic mass is 10.1. The van der Waals surface area contributed by atoms with Crippen molar-refractivity contribution in [1.82, 2.24) is 0 Å². The second kappa shape index (κ2) is 8.58. The van der Waals surface area contributed by atoms with Gasteiger partial charge >= 0.3 is 0 Å². The van der Waals surface area contributed by atoms with Gasteiger partial charge in [-0.2, -0.15) is 0 Å². The Kier molecular flexibility index (Phi) is 6.13. The summed E-state index contributed by atoms with van der Waals surface area (Å²) in [5.74, 6) is 0.121. The van der Waals surface area contributed by atoms with Crippen molar-refractivity contribution in [3.05, 3.63) is 108 Å². The summed E-state index contributed by atoms with van der Waals surface area (Å²) in [5, 5.41) is 0. The summed E-state index contributed by atoms with van der Waals surface area (Å²) < 4.78 is 0. The highest BCUT2D eigenvalue weighted by Crippen LogP contribution is 2.07. The van der Waals surface area contributed by atoms with E-state index in [0.29, 0.717) is 0 Å². The number of ketones is 1. The number of hydrogen-bond acceptors (Lipinski definition) is 1. The third-order valence-electron chi connectivity index (χ3n) is 3.27. The van der Waals surface area contributed by atoms with Crippen LogP contribution in [-0.2, 0) is 6.42 Å². The number of hydrogen-bond donors (Lipinski definition) is 0. The SMILES string of the molecule is CC(=O)c1ccccc1.c1ccc(Cc2ccccc2)cc1. The molecule has 0 saturated carbocycles. The molecule has 0 atom stereocenters. The van der Waals surface area contributed by atoms with E-state index in [4.69, 9.17) is 0 Å². The van der Waals surface area contributed by atoms with Gasteiger partial charge in [-0.1, -0.05) is 91.0 Å². The first-order valence-corrected chi connectivity index (χ1v) is 7.39. The van der Waals surface area contributed by atoms with E-state index in [2.05, 4.69) is 60.7 Å². The maximum Gasteiger partial charge on any atom is 0.159 e. The van der Waals surface area contributed by atoms with Crippen molar-refractivity contribution in [3.63, 3.8) is 0 Å². The van der Waals surface area contributed by atoms with Crippen LogP contribution in [0.15, 0.2) is 91.0 Å². The van der Waals surface area contributed by atoms with Crippen LogP contribution in [0, 0.1) is 0 Å². The van der Waals surface area contributed by atoms with Gasteiger partial charge in [-0.25, -0.2) is 0 Å². The Bertz CT molecular complexity index is 635. The normalized spacial score (nSPS) is 9.50. The molecule has 0 spiro atoms. The first-order chi connectivity index (χ1) is 10.8. The highest BCUT2D eigenvalue weighted by atomic mass is 16.1. The summed E-state index contributed by atoms with van der Waals surface area (Å²) in [5.41, 5.74) is 3.51. The van der Waals surface area contributed by atoms with Gasteiger partial charge in [0.05, 0.1) is 0 Å². The van der Waals surface area contributed by atoms with E-state index < -0.39 is 0 Å². The second-order valence-electron chi connectivity index (χ2n) is 5.07. The smallest absolute Gasteiger partial charge is 0.159 e. The summed E-state index contributed by atoms with van der Waals surface area (Å²) in [6.45, 7) is 1.56. The van der Waals surface area contributed by atoms with Gasteiger partial charge in [-0.05, 0) is 24.5 Å². The molecule has 1 heteroatoms. The van der Waals surface area contributed by atoms with Crippen LogP contribution >= 0.6 is 0 Å². The molecule has 110 valence electrons. The third kappa shape index (κ3) is 5.37. The highest BCUT2D eigenvalue weighted by molar-refractivity contribution is 5.93. The molecule has 0 aliphatic heterocycles. The number of carbonyl (C=O) groups excluding carboxylic acids is 1. The van der Waals surface area contributed by atoms with E-state index in [0.717, 1.165) is 12.0 Å². The minimum atomic E-state index is 0.121. The summed E-state index contributed by atoms with van der Waals surface area (Å²) in [6.07, 6.45) is 1.03. The fourth-order valence-electron chi connectivity index (χ4n) is 2.10. The predicted octanol–water partition coefficient (Wildman–Crippen LogP) is 5.17. The third-order valence-corrected chi connectivity index (χ3v) is 3.27. The van der Waals surface area contributed by atoms with Crippen LogP contribution in [-0.4, -0.2) is 5.78 Å². The Morgan fingerprint density at radius 1 is 0.636 bits per heavy atom. The molecule has 1 nitrogen and oxygen atoms in total. The van der Waals surface area contributed by atoms with Crippen molar-refractivity contribution < 1.29 is 4.79 Å². The molecule has 3 aromatic carbocycles. The Labute approximate surface area is 132 Å². The van der Waals surface area contributed by atoms with Gasteiger partial charge in [-0.3, -0.25) is 4.79 Å². The topological polar surface area (TPSA) is 17.1 Å². The van der Waals surface area contributed by atoms with Crippen LogP contribution in [0.5, 0.6) is 0 Å². The van der Waals surface area contributed by atoms with Crippen molar-refractivity contribution in [2.75, 3.05) is 0 Å². The maximum atomic E-state index is 10.6. The van der Waals surface area contributed by atoms with Gasteiger partial charge in [0.25, 0.3) is 0 Å². The molecule has 0 aromatic heterocycles. The molecule has 0 saturated heterocycles. The Morgan fingerprint density at radius 2 is 1.00 bits per heavy atom. The van der Waals surface area contributed by atoms with Crippen LogP contribution in [0.3, 0.4) is 0 Å². The van der Waals surface area contributed by atoms with Gasteiger partial charge in [0.1, 0.15) is 0 Å². The molecule has 3 rings (SSSR count). The first-order valence-electron chi connectivity index (χ1n) is 7.39. The Morgan fingerprint density at radius 3 is 1.32 bits per heavy atom. The van der Waals surface area contributed by atoms with Crippen LogP contribution in [0.2, 0.25) is 0 Å². The number of rotatable bonds is 3. The van der Waals surface area contributed by atoms with Crippen LogP contribution in [0.25, 0.3) is 0 Å². The van der Waals surface area contributed by atoms with E-state index in [-0.39, 0.29) is 5.78 Å². The lowest BCUT2D eigenvalue weighted by molar-refractivity contribution is 0.101. The standard InChI is InChI=1S/C13H12.C8H8O/c1-3-7-12(8-4-1)11-13-9-5-2-6-10-13;1-7(9)8-5-3-2-4-6-8/h1-10H,11H2;2-6H,1H3. The molecule has 3 aromatic rings. The lowest BCUT2D eigenvalue weighted by Gasteiger charge is -2.00. The molecule has 0 bridgehead atoms. The van der Waals surface area contributed by atoms with E-state index in [1.54, 1.807) is 6.92 Å². The average molecular weight is 288 g/mol. The van der Waals surface area contributed by atoms with Crippen molar-refractivity contribution in [1.29, 1.82) is 0 Å². The van der Waals surface area contributed by atoms with Gasteiger partial charge in [0, 0.05) is 5.56 Å². The average Bonchev–Trinajstić information content (AvgIpc) is 2.58. The van der Waals surface area contributed by atoms with Crippen LogP contribution in [0.4, 0.5) is 0 Å². The van der Waals surface area contributed by atoms with Gasteiger partial charge < -0.3 is 0 Å². The molecule has 0 aliphatic rings. The summed E-state index contributed by atoms with van der Waals surface area (Å²) in [7, 11) is 0. The van der Waals surface area contributed by atoms with E-state index in [9.17, 15) is 4.79 Å². The largest absolute Gasteiger partial charge is 0.295 e. The monoisotopic (exact) mass is 288 g/mol. The molecular weight excluding hydrogens is 268 g/mol. The van der Waals surface area contributed by atoms with Crippen molar-refractivity contribution in [3.8, 4) is 0 Å².